The Morgan fingerprint density at radius 3 is 2.48 bits per heavy atom. The molecule has 0 aliphatic carbocycles. The minimum absolute atomic E-state index is 0.0868. The standard InChI is InChI=1S/C19H19N5O3/c1-13(15-4-7-17(8-5-15)23-12-20-11-21-23)22(3)18-9-6-16(14(2)25)10-19(18)24(26)27/h4-13H,1-3H3/t13-/m0/s1. The van der Waals surface area contributed by atoms with E-state index in [-0.39, 0.29) is 17.5 Å². The molecule has 0 amide bonds. The van der Waals surface area contributed by atoms with Crippen LogP contribution in [-0.4, -0.2) is 32.5 Å². The number of ketones is 1. The monoisotopic (exact) mass is 365 g/mol. The van der Waals surface area contributed by atoms with E-state index in [4.69, 9.17) is 0 Å². The zero-order valence-electron chi connectivity index (χ0n) is 15.2. The first-order valence-corrected chi connectivity index (χ1v) is 8.35. The number of hydrogen-bond acceptors (Lipinski definition) is 6. The van der Waals surface area contributed by atoms with E-state index in [1.807, 2.05) is 36.1 Å². The van der Waals surface area contributed by atoms with Crippen LogP contribution in [0.5, 0.6) is 0 Å². The summed E-state index contributed by atoms with van der Waals surface area (Å²) in [6.45, 7) is 3.36. The molecule has 0 aliphatic heterocycles. The van der Waals surface area contributed by atoms with Gasteiger partial charge >= 0.3 is 0 Å². The molecule has 0 bridgehead atoms. The van der Waals surface area contributed by atoms with Crippen molar-refractivity contribution in [1.29, 1.82) is 0 Å². The van der Waals surface area contributed by atoms with Crippen LogP contribution in [0.3, 0.4) is 0 Å². The van der Waals surface area contributed by atoms with Crippen molar-refractivity contribution >= 4 is 17.2 Å². The molecule has 3 rings (SSSR count). The van der Waals surface area contributed by atoms with Gasteiger partial charge in [0.25, 0.3) is 5.69 Å². The van der Waals surface area contributed by atoms with Crippen molar-refractivity contribution in [3.8, 4) is 5.69 Å². The Bertz CT molecular complexity index is 968. The number of hydrogen-bond donors (Lipinski definition) is 0. The van der Waals surface area contributed by atoms with Crippen LogP contribution < -0.4 is 4.90 Å². The van der Waals surface area contributed by atoms with Crippen LogP contribution in [0, 0.1) is 10.1 Å². The lowest BCUT2D eigenvalue weighted by atomic mass is 10.0. The van der Waals surface area contributed by atoms with Gasteiger partial charge in [-0.2, -0.15) is 5.10 Å². The molecule has 8 nitrogen and oxygen atoms in total. The van der Waals surface area contributed by atoms with Crippen LogP contribution in [0.25, 0.3) is 5.69 Å². The minimum atomic E-state index is -0.460. The van der Waals surface area contributed by atoms with Gasteiger partial charge in [-0.05, 0) is 43.7 Å². The third kappa shape index (κ3) is 3.69. The van der Waals surface area contributed by atoms with Crippen molar-refractivity contribution in [1.82, 2.24) is 14.8 Å². The van der Waals surface area contributed by atoms with Crippen LogP contribution in [-0.2, 0) is 0 Å². The van der Waals surface area contributed by atoms with Gasteiger partial charge in [-0.1, -0.05) is 12.1 Å². The number of benzene rings is 2. The van der Waals surface area contributed by atoms with Gasteiger partial charge in [-0.25, -0.2) is 9.67 Å². The molecular weight excluding hydrogens is 346 g/mol. The number of carbonyl (C=O) groups is 1. The quantitative estimate of drug-likeness (QED) is 0.376. The van der Waals surface area contributed by atoms with Crippen molar-refractivity contribution in [2.45, 2.75) is 19.9 Å². The number of carbonyl (C=O) groups excluding carboxylic acids is 1. The smallest absolute Gasteiger partial charge is 0.293 e. The van der Waals surface area contributed by atoms with Crippen LogP contribution in [0.1, 0.15) is 35.8 Å². The van der Waals surface area contributed by atoms with E-state index in [2.05, 4.69) is 10.1 Å². The third-order valence-electron chi connectivity index (χ3n) is 4.60. The van der Waals surface area contributed by atoms with E-state index in [0.717, 1.165) is 11.3 Å². The maximum atomic E-state index is 11.5. The summed E-state index contributed by atoms with van der Waals surface area (Å²) in [5.74, 6) is -0.205. The molecular formula is C19H19N5O3. The highest BCUT2D eigenvalue weighted by Crippen LogP contribution is 2.34. The highest BCUT2D eigenvalue weighted by molar-refractivity contribution is 5.95. The summed E-state index contributed by atoms with van der Waals surface area (Å²) in [5.41, 5.74) is 2.56. The number of nitro groups is 1. The molecule has 0 saturated carbocycles. The molecule has 1 aromatic heterocycles. The Morgan fingerprint density at radius 1 is 1.22 bits per heavy atom. The van der Waals surface area contributed by atoms with Gasteiger partial charge in [0.15, 0.2) is 5.78 Å². The number of anilines is 1. The fourth-order valence-electron chi connectivity index (χ4n) is 2.87. The third-order valence-corrected chi connectivity index (χ3v) is 4.60. The maximum Gasteiger partial charge on any atom is 0.293 e. The Labute approximate surface area is 156 Å². The number of nitro benzene ring substituents is 1. The molecule has 0 aliphatic rings. The molecule has 138 valence electrons. The second-order valence-electron chi connectivity index (χ2n) is 6.24. The molecule has 0 unspecified atom stereocenters. The summed E-state index contributed by atoms with van der Waals surface area (Å²) in [5, 5.41) is 15.6. The predicted octanol–water partition coefficient (Wildman–Crippen LogP) is 3.58. The summed E-state index contributed by atoms with van der Waals surface area (Å²) in [7, 11) is 1.80. The van der Waals surface area contributed by atoms with E-state index < -0.39 is 4.92 Å². The van der Waals surface area contributed by atoms with Crippen molar-refractivity contribution in [3.05, 3.63) is 76.4 Å². The topological polar surface area (TPSA) is 94.2 Å². The SMILES string of the molecule is CC(=O)c1ccc(N(C)[C@@H](C)c2ccc(-n3cncn3)cc2)c([N+](=O)[O-])c1. The first kappa shape index (κ1) is 18.2. The summed E-state index contributed by atoms with van der Waals surface area (Å²) in [4.78, 5) is 28.3. The summed E-state index contributed by atoms with van der Waals surface area (Å²) < 4.78 is 1.66. The van der Waals surface area contributed by atoms with Crippen LogP contribution >= 0.6 is 0 Å². The molecule has 0 saturated heterocycles. The Morgan fingerprint density at radius 2 is 1.93 bits per heavy atom. The molecule has 3 aromatic rings. The van der Waals surface area contributed by atoms with E-state index in [0.29, 0.717) is 11.3 Å². The molecule has 0 N–H and O–H groups in total. The predicted molar refractivity (Wildman–Crippen MR) is 101 cm³/mol. The van der Waals surface area contributed by atoms with E-state index >= 15 is 0 Å². The fraction of sp³-hybridized carbons (Fsp3) is 0.211. The van der Waals surface area contributed by atoms with Crippen molar-refractivity contribution in [3.63, 3.8) is 0 Å². The minimum Gasteiger partial charge on any atom is -0.362 e. The van der Waals surface area contributed by atoms with Gasteiger partial charge in [-0.15, -0.1) is 0 Å². The molecule has 0 spiro atoms. The van der Waals surface area contributed by atoms with Crippen LogP contribution in [0.15, 0.2) is 55.1 Å². The number of aromatic nitrogens is 3. The molecule has 0 fully saturated rings. The first-order valence-electron chi connectivity index (χ1n) is 8.35. The van der Waals surface area contributed by atoms with E-state index in [9.17, 15) is 14.9 Å². The zero-order chi connectivity index (χ0) is 19.6. The van der Waals surface area contributed by atoms with Gasteiger partial charge < -0.3 is 4.90 Å². The second kappa shape index (κ2) is 7.36. The summed E-state index contributed by atoms with van der Waals surface area (Å²) in [6.07, 6.45) is 3.08. The lowest BCUT2D eigenvalue weighted by molar-refractivity contribution is -0.384. The molecule has 0 radical (unpaired) electrons. The zero-order valence-corrected chi connectivity index (χ0v) is 15.2. The van der Waals surface area contributed by atoms with E-state index in [1.165, 1.54) is 19.3 Å². The number of nitrogens with zero attached hydrogens (tertiary/aromatic N) is 5. The number of rotatable bonds is 6. The van der Waals surface area contributed by atoms with Gasteiger partial charge in [0.2, 0.25) is 0 Å². The second-order valence-corrected chi connectivity index (χ2v) is 6.24. The Balaban J connectivity index is 1.90. The van der Waals surface area contributed by atoms with Crippen molar-refractivity contribution in [2.75, 3.05) is 11.9 Å². The van der Waals surface area contributed by atoms with Gasteiger partial charge in [0.1, 0.15) is 18.3 Å². The molecule has 8 heteroatoms. The highest BCUT2D eigenvalue weighted by atomic mass is 16.6. The van der Waals surface area contributed by atoms with Gasteiger partial charge in [-0.3, -0.25) is 14.9 Å². The van der Waals surface area contributed by atoms with E-state index in [1.54, 1.807) is 30.2 Å². The molecule has 2 aromatic carbocycles. The van der Waals surface area contributed by atoms with Gasteiger partial charge in [0.05, 0.1) is 16.7 Å². The van der Waals surface area contributed by atoms with Crippen LogP contribution in [0.2, 0.25) is 0 Å². The maximum absolute atomic E-state index is 11.5. The van der Waals surface area contributed by atoms with Crippen LogP contribution in [0.4, 0.5) is 11.4 Å². The average Bonchev–Trinajstić information content (AvgIpc) is 3.21. The molecule has 1 atom stereocenters. The Kier molecular flexibility index (Phi) is 4.98. The summed E-state index contributed by atoms with van der Waals surface area (Å²) in [6, 6.07) is 12.2. The van der Waals surface area contributed by atoms with Crippen molar-refractivity contribution < 1.29 is 9.72 Å². The first-order chi connectivity index (χ1) is 12.9. The van der Waals surface area contributed by atoms with Crippen molar-refractivity contribution in [2.24, 2.45) is 0 Å². The number of Topliss-reactive ketones (excluding diaryl/α,β-unsaturated/α-hetero) is 1. The fourth-order valence-corrected chi connectivity index (χ4v) is 2.87. The molecule has 27 heavy (non-hydrogen) atoms. The largest absolute Gasteiger partial charge is 0.362 e. The highest BCUT2D eigenvalue weighted by Gasteiger charge is 2.22. The molecule has 1 heterocycles. The normalized spacial score (nSPS) is 11.8. The lowest BCUT2D eigenvalue weighted by Gasteiger charge is -2.27. The lowest BCUT2D eigenvalue weighted by Crippen LogP contribution is -2.22. The average molecular weight is 365 g/mol. The van der Waals surface area contributed by atoms with Gasteiger partial charge in [0, 0.05) is 18.7 Å². The Hall–Kier alpha value is -3.55. The summed E-state index contributed by atoms with van der Waals surface area (Å²) >= 11 is 0.